The lowest BCUT2D eigenvalue weighted by Crippen LogP contribution is -2.28. The number of thioether (sulfide) groups is 1. The number of anilines is 1. The van der Waals surface area contributed by atoms with Crippen molar-refractivity contribution in [3.63, 3.8) is 0 Å². The number of rotatable bonds is 7. The molecule has 0 saturated carbocycles. The molecule has 2 aromatic carbocycles. The van der Waals surface area contributed by atoms with Crippen LogP contribution in [0, 0.1) is 6.92 Å². The zero-order valence-electron chi connectivity index (χ0n) is 14.5. The zero-order valence-corrected chi connectivity index (χ0v) is 17.8. The molecule has 6 nitrogen and oxygen atoms in total. The molecule has 0 saturated heterocycles. The van der Waals surface area contributed by atoms with E-state index in [-0.39, 0.29) is 16.0 Å². The lowest BCUT2D eigenvalue weighted by atomic mass is 10.2. The summed E-state index contributed by atoms with van der Waals surface area (Å²) in [7, 11) is -8.59. The van der Waals surface area contributed by atoms with E-state index in [0.29, 0.717) is 6.54 Å². The fraction of sp³-hybridized carbons (Fsp3) is 0.294. The minimum absolute atomic E-state index is 0.109. The van der Waals surface area contributed by atoms with Crippen molar-refractivity contribution in [1.82, 2.24) is 0 Å². The Kier molecular flexibility index (Phi) is 6.11. The molecular weight excluding hydrogens is 426 g/mol. The number of benzene rings is 2. The highest BCUT2D eigenvalue weighted by Gasteiger charge is 2.28. The largest absolute Gasteiger partial charge is 0.350 e. The van der Waals surface area contributed by atoms with Gasteiger partial charge >= 0.3 is 10.1 Å². The van der Waals surface area contributed by atoms with E-state index in [4.69, 9.17) is 0 Å². The highest BCUT2D eigenvalue weighted by Crippen LogP contribution is 2.44. The third-order valence-electron chi connectivity index (χ3n) is 3.97. The van der Waals surface area contributed by atoms with Crippen LogP contribution in [0.5, 0.6) is 0 Å². The number of nitrogens with zero attached hydrogens (tertiary/aromatic N) is 1. The van der Waals surface area contributed by atoms with Crippen LogP contribution < -0.4 is 4.90 Å². The molecule has 0 aromatic heterocycles. The average molecular weight is 446 g/mol. The van der Waals surface area contributed by atoms with Crippen molar-refractivity contribution >= 4 is 50.3 Å². The van der Waals surface area contributed by atoms with Gasteiger partial charge in [0.05, 0.1) is 16.3 Å². The molecule has 3 rings (SSSR count). The second-order valence-electron chi connectivity index (χ2n) is 6.06. The number of aryl methyl sites for hydroxylation is 1. The maximum atomic E-state index is 12.2. The van der Waals surface area contributed by atoms with Gasteiger partial charge in [-0.15, -0.1) is 16.3 Å². The van der Waals surface area contributed by atoms with Gasteiger partial charge in [0.15, 0.2) is 0 Å². The predicted octanol–water partition coefficient (Wildman–Crippen LogP) is 3.25. The quantitative estimate of drug-likeness (QED) is 0.655. The van der Waals surface area contributed by atoms with Crippen LogP contribution in [-0.2, 0) is 23.9 Å². The van der Waals surface area contributed by atoms with Gasteiger partial charge in [-0.3, -0.25) is 0 Å². The third-order valence-corrected chi connectivity index (χ3v) is 8.81. The molecule has 0 amide bonds. The summed E-state index contributed by atoms with van der Waals surface area (Å²) in [5.41, 5.74) is 1.86. The van der Waals surface area contributed by atoms with Gasteiger partial charge in [0.1, 0.15) is 4.71 Å². The van der Waals surface area contributed by atoms with Crippen LogP contribution in [0.2, 0.25) is 0 Å². The number of fused-ring (bicyclic) bond motifs is 1. The predicted molar refractivity (Wildman–Crippen MR) is 110 cm³/mol. The molecule has 1 aliphatic rings. The summed E-state index contributed by atoms with van der Waals surface area (Å²) in [4.78, 5) is 2.88. The van der Waals surface area contributed by atoms with Gasteiger partial charge < -0.3 is 4.90 Å². The minimum atomic E-state index is -4.36. The molecule has 0 spiro atoms. The summed E-state index contributed by atoms with van der Waals surface area (Å²) >= 11 is 6.09. The summed E-state index contributed by atoms with van der Waals surface area (Å²) < 4.78 is 53.0. The van der Waals surface area contributed by atoms with Crippen molar-refractivity contribution in [3.8, 4) is 0 Å². The van der Waals surface area contributed by atoms with E-state index in [0.717, 1.165) is 16.1 Å². The molecule has 0 fully saturated rings. The van der Waals surface area contributed by atoms with E-state index in [1.807, 2.05) is 29.2 Å². The van der Waals surface area contributed by atoms with Crippen LogP contribution in [-0.4, -0.2) is 33.8 Å². The molecule has 0 radical (unpaired) electrons. The first-order valence-electron chi connectivity index (χ1n) is 8.14. The molecular formula is C17H19NO5S4. The van der Waals surface area contributed by atoms with Crippen LogP contribution in [0.1, 0.15) is 12.0 Å². The molecule has 27 heavy (non-hydrogen) atoms. The van der Waals surface area contributed by atoms with E-state index >= 15 is 0 Å². The zero-order chi connectivity index (χ0) is 19.7. The first kappa shape index (κ1) is 20.5. The standard InChI is InChI=1S/C17H19NO5S4/c1-13-7-9-14(10-8-13)27(21,22)23-26(19,20)12-4-11-18-15-5-2-3-6-16(15)25-17(18)24/h2-3,5-10,17,24H,4,11-12H2,1H3. The second-order valence-corrected chi connectivity index (χ2v) is 11.5. The number of hydrogen-bond donors (Lipinski definition) is 1. The highest BCUT2D eigenvalue weighted by atomic mass is 32.3. The van der Waals surface area contributed by atoms with E-state index in [9.17, 15) is 16.8 Å². The lowest BCUT2D eigenvalue weighted by molar-refractivity contribution is 0.460. The number of para-hydroxylation sites is 1. The molecule has 1 aliphatic heterocycles. The van der Waals surface area contributed by atoms with Gasteiger partial charge in [0.25, 0.3) is 10.1 Å². The van der Waals surface area contributed by atoms with Crippen LogP contribution in [0.25, 0.3) is 0 Å². The maximum absolute atomic E-state index is 12.2. The molecule has 146 valence electrons. The Morgan fingerprint density at radius 1 is 1.07 bits per heavy atom. The Morgan fingerprint density at radius 2 is 1.74 bits per heavy atom. The van der Waals surface area contributed by atoms with Crippen molar-refractivity contribution < 1.29 is 20.5 Å². The molecule has 2 aromatic rings. The number of hydrogen-bond acceptors (Lipinski definition) is 8. The van der Waals surface area contributed by atoms with Crippen LogP contribution in [0.3, 0.4) is 0 Å². The Morgan fingerprint density at radius 3 is 2.44 bits per heavy atom. The number of thiol groups is 1. The van der Waals surface area contributed by atoms with Crippen molar-refractivity contribution in [2.75, 3.05) is 17.2 Å². The Bertz CT molecular complexity index is 1020. The molecule has 1 heterocycles. The van der Waals surface area contributed by atoms with Crippen molar-refractivity contribution in [2.24, 2.45) is 0 Å². The van der Waals surface area contributed by atoms with Gasteiger partial charge in [-0.25, -0.2) is 0 Å². The summed E-state index contributed by atoms with van der Waals surface area (Å²) in [5, 5.41) is 0. The molecule has 1 atom stereocenters. The highest BCUT2D eigenvalue weighted by molar-refractivity contribution is 8.11. The SMILES string of the molecule is Cc1ccc(S(=O)(=O)OS(=O)(=O)CCCN2c3ccccc3SC2S)cc1. The first-order valence-corrected chi connectivity index (χ1v) is 12.5. The van der Waals surface area contributed by atoms with Gasteiger partial charge in [0.2, 0.25) is 0 Å². The maximum Gasteiger partial charge on any atom is 0.311 e. The fourth-order valence-electron chi connectivity index (χ4n) is 2.65. The van der Waals surface area contributed by atoms with E-state index in [1.54, 1.807) is 30.8 Å². The van der Waals surface area contributed by atoms with Gasteiger partial charge in [0, 0.05) is 11.4 Å². The second kappa shape index (κ2) is 8.04. The van der Waals surface area contributed by atoms with Crippen LogP contribution in [0.4, 0.5) is 5.69 Å². The van der Waals surface area contributed by atoms with Crippen LogP contribution >= 0.6 is 24.4 Å². The monoisotopic (exact) mass is 445 g/mol. The molecule has 10 heteroatoms. The minimum Gasteiger partial charge on any atom is -0.350 e. The summed E-state index contributed by atoms with van der Waals surface area (Å²) in [6, 6.07) is 13.6. The normalized spacial score (nSPS) is 17.1. The van der Waals surface area contributed by atoms with Gasteiger partial charge in [-0.2, -0.15) is 16.8 Å². The lowest BCUT2D eigenvalue weighted by Gasteiger charge is -2.22. The van der Waals surface area contributed by atoms with Gasteiger partial charge in [-0.1, -0.05) is 41.6 Å². The van der Waals surface area contributed by atoms with Crippen molar-refractivity contribution in [3.05, 3.63) is 54.1 Å². The van der Waals surface area contributed by atoms with E-state index in [2.05, 4.69) is 16.3 Å². The van der Waals surface area contributed by atoms with Crippen molar-refractivity contribution in [1.29, 1.82) is 0 Å². The fourth-order valence-corrected chi connectivity index (χ4v) is 6.89. The molecule has 0 aliphatic carbocycles. The van der Waals surface area contributed by atoms with Crippen LogP contribution in [0.15, 0.2) is 58.3 Å². The summed E-state index contributed by atoms with van der Waals surface area (Å²) in [5.74, 6) is -0.401. The average Bonchev–Trinajstić information content (AvgIpc) is 2.90. The summed E-state index contributed by atoms with van der Waals surface area (Å²) in [6.45, 7) is 2.23. The summed E-state index contributed by atoms with van der Waals surface area (Å²) in [6.07, 6.45) is 0.220. The smallest absolute Gasteiger partial charge is 0.311 e. The Balaban J connectivity index is 1.61. The van der Waals surface area contributed by atoms with E-state index < -0.39 is 26.0 Å². The van der Waals surface area contributed by atoms with E-state index in [1.165, 1.54) is 12.1 Å². The molecule has 0 bridgehead atoms. The molecule has 1 unspecified atom stereocenters. The first-order chi connectivity index (χ1) is 12.7. The Hall–Kier alpha value is -1.20. The molecule has 0 N–H and O–H groups in total. The topological polar surface area (TPSA) is 80.8 Å². The van der Waals surface area contributed by atoms with Gasteiger partial charge in [-0.05, 0) is 37.6 Å². The Labute approximate surface area is 169 Å². The third kappa shape index (κ3) is 5.00. The van der Waals surface area contributed by atoms with Crippen molar-refractivity contribution in [2.45, 2.75) is 27.8 Å².